The molecule has 1 aromatic rings. The Hall–Kier alpha value is -1.59. The summed E-state index contributed by atoms with van der Waals surface area (Å²) in [7, 11) is 0. The second kappa shape index (κ2) is 7.75. The zero-order valence-electron chi connectivity index (χ0n) is 15.1. The summed E-state index contributed by atoms with van der Waals surface area (Å²) in [5.74, 6) is 0. The van der Waals surface area contributed by atoms with Crippen molar-refractivity contribution >= 4 is 6.03 Å². The predicted octanol–water partition coefficient (Wildman–Crippen LogP) is 2.65. The molecule has 0 spiro atoms. The summed E-state index contributed by atoms with van der Waals surface area (Å²) in [5.41, 5.74) is 1.79. The second-order valence-electron chi connectivity index (χ2n) is 7.73. The monoisotopic (exact) mass is 346 g/mol. The summed E-state index contributed by atoms with van der Waals surface area (Å²) in [6, 6.07) is 8.45. The van der Waals surface area contributed by atoms with Crippen LogP contribution in [0.25, 0.3) is 0 Å². The summed E-state index contributed by atoms with van der Waals surface area (Å²) in [6.45, 7) is 4.14. The van der Waals surface area contributed by atoms with Gasteiger partial charge in [-0.3, -0.25) is 0 Å². The summed E-state index contributed by atoms with van der Waals surface area (Å²) in [4.78, 5) is 12.3. The van der Waals surface area contributed by atoms with Gasteiger partial charge in [-0.25, -0.2) is 4.79 Å². The van der Waals surface area contributed by atoms with Gasteiger partial charge in [-0.15, -0.1) is 0 Å². The second-order valence-corrected chi connectivity index (χ2v) is 7.73. The normalized spacial score (nSPS) is 21.7. The van der Waals surface area contributed by atoms with Gasteiger partial charge in [0.2, 0.25) is 0 Å². The van der Waals surface area contributed by atoms with Gasteiger partial charge in [0.1, 0.15) is 0 Å². The minimum atomic E-state index is -0.836. The smallest absolute Gasteiger partial charge is 0.314 e. The first-order chi connectivity index (χ1) is 12.0. The summed E-state index contributed by atoms with van der Waals surface area (Å²) in [5, 5.41) is 16.3. The maximum absolute atomic E-state index is 12.3. The molecule has 0 aromatic heterocycles. The number of rotatable bonds is 5. The van der Waals surface area contributed by atoms with E-state index in [9.17, 15) is 9.90 Å². The summed E-state index contributed by atoms with van der Waals surface area (Å²) in [6.07, 6.45) is 5.77. The third-order valence-electron chi connectivity index (χ3n) is 5.78. The number of ether oxygens (including phenoxy) is 1. The quantitative estimate of drug-likeness (QED) is 0.768. The van der Waals surface area contributed by atoms with Gasteiger partial charge in [0.25, 0.3) is 0 Å². The van der Waals surface area contributed by atoms with E-state index < -0.39 is 5.60 Å². The molecule has 0 unspecified atom stereocenters. The number of hydrogen-bond donors (Lipinski definition) is 3. The van der Waals surface area contributed by atoms with Crippen molar-refractivity contribution in [2.75, 3.05) is 26.3 Å². The molecule has 1 saturated heterocycles. The van der Waals surface area contributed by atoms with E-state index in [-0.39, 0.29) is 18.0 Å². The maximum Gasteiger partial charge on any atom is 0.314 e. The third-order valence-corrected chi connectivity index (χ3v) is 5.78. The highest BCUT2D eigenvalue weighted by atomic mass is 16.5. The van der Waals surface area contributed by atoms with Crippen LogP contribution in [-0.4, -0.2) is 43.0 Å². The number of aryl methyl sites for hydroxylation is 1. The van der Waals surface area contributed by atoms with Crippen LogP contribution in [0, 0.1) is 6.92 Å². The average Bonchev–Trinajstić information content (AvgIpc) is 3.09. The molecule has 1 aliphatic carbocycles. The summed E-state index contributed by atoms with van der Waals surface area (Å²) >= 11 is 0. The van der Waals surface area contributed by atoms with Gasteiger partial charge < -0.3 is 20.5 Å². The minimum absolute atomic E-state index is 0.0406. The van der Waals surface area contributed by atoms with Gasteiger partial charge in [-0.1, -0.05) is 42.7 Å². The van der Waals surface area contributed by atoms with Crippen molar-refractivity contribution in [1.29, 1.82) is 0 Å². The van der Waals surface area contributed by atoms with Gasteiger partial charge in [0.05, 0.1) is 5.60 Å². The maximum atomic E-state index is 12.3. The van der Waals surface area contributed by atoms with E-state index in [0.29, 0.717) is 32.6 Å². The third kappa shape index (κ3) is 4.53. The molecule has 3 rings (SSSR count). The Balaban J connectivity index is 1.55. The molecule has 1 heterocycles. The molecule has 5 heteroatoms. The van der Waals surface area contributed by atoms with Crippen LogP contribution in [0.4, 0.5) is 4.79 Å². The number of hydrogen-bond acceptors (Lipinski definition) is 3. The lowest BCUT2D eigenvalue weighted by molar-refractivity contribution is -0.0600. The van der Waals surface area contributed by atoms with Crippen LogP contribution in [0.15, 0.2) is 24.3 Å². The molecule has 2 fully saturated rings. The van der Waals surface area contributed by atoms with Crippen molar-refractivity contribution < 1.29 is 14.6 Å². The molecule has 1 aliphatic heterocycles. The fourth-order valence-electron chi connectivity index (χ4n) is 4.08. The molecule has 0 atom stereocenters. The van der Waals surface area contributed by atoms with Crippen molar-refractivity contribution in [1.82, 2.24) is 10.6 Å². The number of amides is 2. The van der Waals surface area contributed by atoms with E-state index in [0.717, 1.165) is 12.8 Å². The lowest BCUT2D eigenvalue weighted by Gasteiger charge is -2.33. The van der Waals surface area contributed by atoms with Crippen molar-refractivity contribution in [3.63, 3.8) is 0 Å². The van der Waals surface area contributed by atoms with E-state index in [1.807, 2.05) is 0 Å². The van der Waals surface area contributed by atoms with Crippen LogP contribution in [0.1, 0.15) is 49.7 Å². The Kier molecular flexibility index (Phi) is 5.64. The molecular weight excluding hydrogens is 316 g/mol. The molecule has 0 bridgehead atoms. The molecule has 138 valence electrons. The number of nitrogens with one attached hydrogen (secondary N) is 2. The molecule has 2 aliphatic rings. The van der Waals surface area contributed by atoms with Crippen LogP contribution < -0.4 is 10.6 Å². The highest BCUT2D eigenvalue weighted by molar-refractivity contribution is 5.74. The van der Waals surface area contributed by atoms with Gasteiger partial charge in [-0.05, 0) is 25.3 Å². The van der Waals surface area contributed by atoms with Crippen LogP contribution in [0.3, 0.4) is 0 Å². The van der Waals surface area contributed by atoms with E-state index in [1.165, 1.54) is 24.0 Å². The molecule has 1 saturated carbocycles. The van der Waals surface area contributed by atoms with E-state index in [1.54, 1.807) is 0 Å². The standard InChI is InChI=1S/C20H30N2O3/c1-16-5-4-6-17(13-16)19(7-2-3-8-19)14-21-18(23)22-15-20(24)9-11-25-12-10-20/h4-6,13,24H,2-3,7-12,14-15H2,1H3,(H2,21,22,23). The Labute approximate surface area is 150 Å². The number of benzene rings is 1. The number of carbonyl (C=O) groups is 1. The topological polar surface area (TPSA) is 70.6 Å². The fourth-order valence-corrected chi connectivity index (χ4v) is 4.08. The zero-order valence-corrected chi connectivity index (χ0v) is 15.1. The number of carbonyl (C=O) groups excluding carboxylic acids is 1. The minimum Gasteiger partial charge on any atom is -0.388 e. The molecule has 0 radical (unpaired) electrons. The Morgan fingerprint density at radius 2 is 1.80 bits per heavy atom. The van der Waals surface area contributed by atoms with Gasteiger partial charge in [0, 0.05) is 44.6 Å². The predicted molar refractivity (Wildman–Crippen MR) is 97.7 cm³/mol. The van der Waals surface area contributed by atoms with Crippen LogP contribution in [-0.2, 0) is 10.2 Å². The first-order valence-corrected chi connectivity index (χ1v) is 9.40. The van der Waals surface area contributed by atoms with Crippen LogP contribution in [0.5, 0.6) is 0 Å². The van der Waals surface area contributed by atoms with Crippen molar-refractivity contribution in [2.24, 2.45) is 0 Å². The van der Waals surface area contributed by atoms with Gasteiger partial charge in [-0.2, -0.15) is 0 Å². The van der Waals surface area contributed by atoms with Gasteiger partial charge >= 0.3 is 6.03 Å². The van der Waals surface area contributed by atoms with Crippen molar-refractivity contribution in [3.8, 4) is 0 Å². The largest absolute Gasteiger partial charge is 0.388 e. The Bertz CT molecular complexity index is 590. The molecular formula is C20H30N2O3. The zero-order chi connectivity index (χ0) is 17.8. The Morgan fingerprint density at radius 1 is 1.12 bits per heavy atom. The molecule has 1 aromatic carbocycles. The van der Waals surface area contributed by atoms with Crippen molar-refractivity contribution in [3.05, 3.63) is 35.4 Å². The molecule has 25 heavy (non-hydrogen) atoms. The molecule has 2 amide bonds. The molecule has 5 nitrogen and oxygen atoms in total. The molecule has 3 N–H and O–H groups in total. The van der Waals surface area contributed by atoms with E-state index in [4.69, 9.17) is 4.74 Å². The van der Waals surface area contributed by atoms with E-state index >= 15 is 0 Å². The van der Waals surface area contributed by atoms with Gasteiger partial charge in [0.15, 0.2) is 0 Å². The average molecular weight is 346 g/mol. The van der Waals surface area contributed by atoms with Crippen LogP contribution >= 0.6 is 0 Å². The fraction of sp³-hybridized carbons (Fsp3) is 0.650. The SMILES string of the molecule is Cc1cccc(C2(CNC(=O)NCC3(O)CCOCC3)CCCC2)c1. The Morgan fingerprint density at radius 3 is 2.48 bits per heavy atom. The first-order valence-electron chi connectivity index (χ1n) is 9.40. The van der Waals surface area contributed by atoms with Crippen LogP contribution in [0.2, 0.25) is 0 Å². The number of aliphatic hydroxyl groups is 1. The first kappa shape index (κ1) is 18.2. The lowest BCUT2D eigenvalue weighted by Crippen LogP contribution is -2.50. The van der Waals surface area contributed by atoms with E-state index in [2.05, 4.69) is 41.8 Å². The van der Waals surface area contributed by atoms with Crippen molar-refractivity contribution in [2.45, 2.75) is 56.5 Å². The number of urea groups is 1. The summed E-state index contributed by atoms with van der Waals surface area (Å²) < 4.78 is 5.27. The lowest BCUT2D eigenvalue weighted by atomic mass is 9.78. The highest BCUT2D eigenvalue weighted by Crippen LogP contribution is 2.40. The highest BCUT2D eigenvalue weighted by Gasteiger charge is 2.36.